The number of H-pyrrole nitrogens is 2. The standard InChI is InChI=1S/C20H21N5O3/c1-11(19(27)22-15-3-5-16-17(10-15)24-20(28)23-16)21-14-4-6-18-13(9-14)7-8-25(18)12(2)26/h3-6,9-11,21H,7-8H2,1-2H3,(H,22,27)(H2,23,24,28)/t11-/m1/s1. The second-order valence-electron chi connectivity index (χ2n) is 6.96. The molecule has 0 saturated carbocycles. The van der Waals surface area contributed by atoms with Crippen molar-refractivity contribution >= 4 is 39.9 Å². The zero-order chi connectivity index (χ0) is 19.8. The predicted octanol–water partition coefficient (Wildman–Crippen LogP) is 2.20. The molecule has 28 heavy (non-hydrogen) atoms. The number of hydrogen-bond donors (Lipinski definition) is 4. The van der Waals surface area contributed by atoms with Crippen molar-refractivity contribution in [1.29, 1.82) is 0 Å². The highest BCUT2D eigenvalue weighted by Crippen LogP contribution is 2.30. The number of nitrogens with zero attached hydrogens (tertiary/aromatic N) is 1. The number of benzene rings is 2. The minimum atomic E-state index is -0.468. The third-order valence-corrected chi connectivity index (χ3v) is 4.92. The van der Waals surface area contributed by atoms with Gasteiger partial charge in [-0.3, -0.25) is 9.59 Å². The summed E-state index contributed by atoms with van der Waals surface area (Å²) in [5.74, 6) is -0.156. The van der Waals surface area contributed by atoms with Crippen molar-refractivity contribution in [2.75, 3.05) is 22.1 Å². The third-order valence-electron chi connectivity index (χ3n) is 4.92. The van der Waals surface area contributed by atoms with Gasteiger partial charge in [-0.1, -0.05) is 0 Å². The molecule has 2 amide bonds. The molecule has 4 rings (SSSR count). The van der Waals surface area contributed by atoms with Crippen LogP contribution in [0.1, 0.15) is 19.4 Å². The summed E-state index contributed by atoms with van der Waals surface area (Å²) < 4.78 is 0. The normalized spacial score (nSPS) is 14.0. The number of aromatic nitrogens is 2. The van der Waals surface area contributed by atoms with E-state index in [2.05, 4.69) is 20.6 Å². The fourth-order valence-electron chi connectivity index (χ4n) is 3.49. The minimum Gasteiger partial charge on any atom is -0.374 e. The number of amides is 2. The molecule has 0 saturated heterocycles. The smallest absolute Gasteiger partial charge is 0.323 e. The third kappa shape index (κ3) is 3.36. The minimum absolute atomic E-state index is 0.0351. The second-order valence-corrected chi connectivity index (χ2v) is 6.96. The average molecular weight is 379 g/mol. The van der Waals surface area contributed by atoms with Gasteiger partial charge < -0.3 is 25.5 Å². The lowest BCUT2D eigenvalue weighted by molar-refractivity contribution is -0.117. The van der Waals surface area contributed by atoms with Crippen molar-refractivity contribution in [1.82, 2.24) is 9.97 Å². The van der Waals surface area contributed by atoms with Crippen molar-refractivity contribution in [3.63, 3.8) is 0 Å². The molecule has 2 heterocycles. The van der Waals surface area contributed by atoms with Crippen LogP contribution in [-0.2, 0) is 16.0 Å². The summed E-state index contributed by atoms with van der Waals surface area (Å²) in [6, 6.07) is 10.5. The summed E-state index contributed by atoms with van der Waals surface area (Å²) in [4.78, 5) is 42.6. The maximum atomic E-state index is 12.5. The van der Waals surface area contributed by atoms with Crippen LogP contribution >= 0.6 is 0 Å². The first-order chi connectivity index (χ1) is 13.4. The van der Waals surface area contributed by atoms with Gasteiger partial charge in [-0.05, 0) is 55.3 Å². The van der Waals surface area contributed by atoms with Crippen LogP contribution in [0.25, 0.3) is 11.0 Å². The number of carbonyl (C=O) groups is 2. The molecular formula is C20H21N5O3. The quantitative estimate of drug-likeness (QED) is 0.557. The summed E-state index contributed by atoms with van der Waals surface area (Å²) in [6.07, 6.45) is 0.805. The molecule has 8 heteroatoms. The SMILES string of the molecule is CC(=O)N1CCc2cc(N[C@H](C)C(=O)Nc3ccc4[nH]c(=O)[nH]c4c3)ccc21. The van der Waals surface area contributed by atoms with Gasteiger partial charge in [0.1, 0.15) is 6.04 Å². The molecule has 1 aliphatic rings. The van der Waals surface area contributed by atoms with E-state index in [1.807, 2.05) is 18.2 Å². The van der Waals surface area contributed by atoms with Gasteiger partial charge in [0.15, 0.2) is 0 Å². The molecular weight excluding hydrogens is 358 g/mol. The molecule has 0 radical (unpaired) electrons. The van der Waals surface area contributed by atoms with Crippen LogP contribution in [0.2, 0.25) is 0 Å². The number of anilines is 3. The summed E-state index contributed by atoms with van der Waals surface area (Å²) in [5, 5.41) is 6.04. The van der Waals surface area contributed by atoms with Gasteiger partial charge in [0.05, 0.1) is 11.0 Å². The van der Waals surface area contributed by atoms with E-state index in [1.165, 1.54) is 0 Å². The van der Waals surface area contributed by atoms with Crippen LogP contribution < -0.4 is 21.2 Å². The van der Waals surface area contributed by atoms with E-state index in [1.54, 1.807) is 36.9 Å². The monoisotopic (exact) mass is 379 g/mol. The van der Waals surface area contributed by atoms with Crippen molar-refractivity contribution in [2.45, 2.75) is 26.3 Å². The zero-order valence-electron chi connectivity index (χ0n) is 15.6. The lowest BCUT2D eigenvalue weighted by Crippen LogP contribution is -2.31. The van der Waals surface area contributed by atoms with Gasteiger partial charge in [-0.15, -0.1) is 0 Å². The van der Waals surface area contributed by atoms with Crippen molar-refractivity contribution < 1.29 is 9.59 Å². The first kappa shape index (κ1) is 17.8. The number of rotatable bonds is 4. The highest BCUT2D eigenvalue weighted by molar-refractivity contribution is 5.98. The Morgan fingerprint density at radius 3 is 2.61 bits per heavy atom. The van der Waals surface area contributed by atoms with Crippen LogP contribution in [0, 0.1) is 0 Å². The number of nitrogens with one attached hydrogen (secondary N) is 4. The number of imidazole rings is 1. The molecule has 2 aromatic carbocycles. The summed E-state index contributed by atoms with van der Waals surface area (Å²) in [5.41, 5.74) is 4.50. The lowest BCUT2D eigenvalue weighted by Gasteiger charge is -2.18. The topological polar surface area (TPSA) is 110 Å². The molecule has 4 N–H and O–H groups in total. The van der Waals surface area contributed by atoms with Crippen LogP contribution in [-0.4, -0.2) is 34.4 Å². The number of fused-ring (bicyclic) bond motifs is 2. The van der Waals surface area contributed by atoms with Gasteiger partial charge in [-0.25, -0.2) is 4.79 Å². The molecule has 8 nitrogen and oxygen atoms in total. The Hall–Kier alpha value is -3.55. The van der Waals surface area contributed by atoms with E-state index in [9.17, 15) is 14.4 Å². The number of hydrogen-bond acceptors (Lipinski definition) is 4. The Labute approximate surface area is 160 Å². The highest BCUT2D eigenvalue weighted by Gasteiger charge is 2.22. The van der Waals surface area contributed by atoms with Crippen LogP contribution in [0.3, 0.4) is 0 Å². The van der Waals surface area contributed by atoms with Crippen molar-refractivity contribution in [3.8, 4) is 0 Å². The maximum Gasteiger partial charge on any atom is 0.323 e. The Morgan fingerprint density at radius 1 is 1.07 bits per heavy atom. The van der Waals surface area contributed by atoms with Gasteiger partial charge in [0, 0.05) is 30.5 Å². The predicted molar refractivity (Wildman–Crippen MR) is 109 cm³/mol. The van der Waals surface area contributed by atoms with E-state index >= 15 is 0 Å². The molecule has 1 aliphatic heterocycles. The fourth-order valence-corrected chi connectivity index (χ4v) is 3.49. The Bertz CT molecular complexity index is 1130. The molecule has 3 aromatic rings. The highest BCUT2D eigenvalue weighted by atomic mass is 16.2. The van der Waals surface area contributed by atoms with Gasteiger partial charge >= 0.3 is 5.69 Å². The summed E-state index contributed by atoms with van der Waals surface area (Å²) in [6.45, 7) is 4.03. The molecule has 0 fully saturated rings. The zero-order valence-corrected chi connectivity index (χ0v) is 15.6. The van der Waals surface area contributed by atoms with E-state index in [0.29, 0.717) is 23.3 Å². The first-order valence-corrected chi connectivity index (χ1v) is 9.11. The Kier molecular flexibility index (Phi) is 4.38. The molecule has 0 unspecified atom stereocenters. The largest absolute Gasteiger partial charge is 0.374 e. The van der Waals surface area contributed by atoms with E-state index in [-0.39, 0.29) is 17.5 Å². The van der Waals surface area contributed by atoms with Crippen LogP contribution in [0.15, 0.2) is 41.2 Å². The molecule has 144 valence electrons. The number of aromatic amines is 2. The van der Waals surface area contributed by atoms with Gasteiger partial charge in [0.2, 0.25) is 11.8 Å². The summed E-state index contributed by atoms with van der Waals surface area (Å²) in [7, 11) is 0. The van der Waals surface area contributed by atoms with Crippen LogP contribution in [0.5, 0.6) is 0 Å². The molecule has 0 bridgehead atoms. The second kappa shape index (κ2) is 6.88. The van der Waals surface area contributed by atoms with Gasteiger partial charge in [-0.2, -0.15) is 0 Å². The van der Waals surface area contributed by atoms with Crippen LogP contribution in [0.4, 0.5) is 17.1 Å². The first-order valence-electron chi connectivity index (χ1n) is 9.11. The fraction of sp³-hybridized carbons (Fsp3) is 0.250. The Balaban J connectivity index is 1.44. The van der Waals surface area contributed by atoms with E-state index in [0.717, 1.165) is 23.4 Å². The average Bonchev–Trinajstić information content (AvgIpc) is 3.23. The van der Waals surface area contributed by atoms with Gasteiger partial charge in [0.25, 0.3) is 0 Å². The lowest BCUT2D eigenvalue weighted by atomic mass is 10.1. The number of carbonyl (C=O) groups excluding carboxylic acids is 2. The molecule has 0 spiro atoms. The molecule has 1 aromatic heterocycles. The van der Waals surface area contributed by atoms with E-state index in [4.69, 9.17) is 0 Å². The molecule has 1 atom stereocenters. The van der Waals surface area contributed by atoms with Crippen molar-refractivity contribution in [3.05, 3.63) is 52.4 Å². The maximum absolute atomic E-state index is 12.5. The molecule has 0 aliphatic carbocycles. The van der Waals surface area contributed by atoms with E-state index < -0.39 is 6.04 Å². The Morgan fingerprint density at radius 2 is 1.82 bits per heavy atom. The van der Waals surface area contributed by atoms with Crippen molar-refractivity contribution in [2.24, 2.45) is 0 Å². The summed E-state index contributed by atoms with van der Waals surface area (Å²) >= 11 is 0.